The average Bonchev–Trinajstić information content (AvgIpc) is 3.68. The van der Waals surface area contributed by atoms with Gasteiger partial charge in [0.05, 0.1) is 11.4 Å². The molecule has 8 heteroatoms. The predicted molar refractivity (Wildman–Crippen MR) is 144 cm³/mol. The first-order chi connectivity index (χ1) is 18.1. The van der Waals surface area contributed by atoms with Crippen LogP contribution in [-0.4, -0.2) is 51.8 Å². The summed E-state index contributed by atoms with van der Waals surface area (Å²) in [7, 11) is 0. The molecule has 1 atom stereocenters. The highest BCUT2D eigenvalue weighted by Gasteiger charge is 2.23. The highest BCUT2D eigenvalue weighted by Crippen LogP contribution is 2.30. The summed E-state index contributed by atoms with van der Waals surface area (Å²) in [6.45, 7) is 5.56. The topological polar surface area (TPSA) is 90.8 Å². The quantitative estimate of drug-likeness (QED) is 0.358. The molecule has 37 heavy (non-hydrogen) atoms. The van der Waals surface area contributed by atoms with Gasteiger partial charge in [0, 0.05) is 48.3 Å². The van der Waals surface area contributed by atoms with Gasteiger partial charge in [0.25, 0.3) is 11.8 Å². The Morgan fingerprint density at radius 1 is 1.14 bits per heavy atom. The van der Waals surface area contributed by atoms with Crippen molar-refractivity contribution in [3.8, 4) is 11.3 Å². The van der Waals surface area contributed by atoms with Crippen molar-refractivity contribution in [2.24, 2.45) is 0 Å². The third-order valence-electron chi connectivity index (χ3n) is 7.46. The van der Waals surface area contributed by atoms with Gasteiger partial charge in [-0.25, -0.2) is 4.98 Å². The first-order valence-electron chi connectivity index (χ1n) is 12.9. The lowest BCUT2D eigenvalue weighted by molar-refractivity contribution is 0.0939. The molecule has 0 saturated carbocycles. The third-order valence-corrected chi connectivity index (χ3v) is 7.46. The lowest BCUT2D eigenvalue weighted by Gasteiger charge is -2.22. The minimum atomic E-state index is -0.0410. The molecular formula is C29H30N6O2. The summed E-state index contributed by atoms with van der Waals surface area (Å²) in [6.07, 6.45) is 6.05. The van der Waals surface area contributed by atoms with Crippen molar-refractivity contribution in [3.63, 3.8) is 0 Å². The summed E-state index contributed by atoms with van der Waals surface area (Å²) in [5.74, 6) is -0.0601. The van der Waals surface area contributed by atoms with E-state index in [-0.39, 0.29) is 11.8 Å². The molecule has 6 rings (SSSR count). The van der Waals surface area contributed by atoms with Gasteiger partial charge in [-0.3, -0.25) is 18.9 Å². The number of nitrogens with one attached hydrogen (secondary N) is 3. The van der Waals surface area contributed by atoms with Gasteiger partial charge in [-0.2, -0.15) is 0 Å². The Morgan fingerprint density at radius 3 is 2.84 bits per heavy atom. The summed E-state index contributed by atoms with van der Waals surface area (Å²) in [4.78, 5) is 31.6. The van der Waals surface area contributed by atoms with Crippen LogP contribution in [0.5, 0.6) is 0 Å². The van der Waals surface area contributed by atoms with E-state index in [1.54, 1.807) is 6.20 Å². The van der Waals surface area contributed by atoms with Crippen LogP contribution in [0.3, 0.4) is 0 Å². The lowest BCUT2D eigenvalue weighted by Crippen LogP contribution is -2.40. The number of imidazole rings is 1. The molecule has 188 valence electrons. The lowest BCUT2D eigenvalue weighted by atomic mass is 10.0. The summed E-state index contributed by atoms with van der Waals surface area (Å²) in [5.41, 5.74) is 6.96. The van der Waals surface area contributed by atoms with Crippen molar-refractivity contribution in [1.82, 2.24) is 24.9 Å². The van der Waals surface area contributed by atoms with Gasteiger partial charge in [0.15, 0.2) is 5.65 Å². The zero-order valence-electron chi connectivity index (χ0n) is 20.8. The van der Waals surface area contributed by atoms with Gasteiger partial charge in [-0.05, 0) is 85.6 Å². The highest BCUT2D eigenvalue weighted by molar-refractivity contribution is 5.99. The van der Waals surface area contributed by atoms with Crippen LogP contribution in [0.4, 0.5) is 11.4 Å². The van der Waals surface area contributed by atoms with Crippen LogP contribution < -0.4 is 16.0 Å². The molecule has 2 aliphatic heterocycles. The molecule has 2 aromatic heterocycles. The molecule has 1 fully saturated rings. The Labute approximate surface area is 215 Å². The standard InChI is InChI=1S/C29H30N6O2/c1-2-34-14-3-4-23(34)18-32-28(36)19-5-8-22(9-6-19)33-25-11-12-26(35-15-13-30-27(25)35)20-7-10-24-21(16-20)17-31-29(24)37/h5-13,15-16,23,33H,2-4,14,17-18H2,1H3,(H,31,37)(H,32,36)/t23-/m0/s1. The van der Waals surface area contributed by atoms with Gasteiger partial charge in [-0.15, -0.1) is 0 Å². The number of hydrogen-bond acceptors (Lipinski definition) is 5. The largest absolute Gasteiger partial charge is 0.352 e. The number of fused-ring (bicyclic) bond motifs is 2. The Kier molecular flexibility index (Phi) is 6.10. The molecule has 4 aromatic rings. The van der Waals surface area contributed by atoms with Gasteiger partial charge in [0.2, 0.25) is 0 Å². The second kappa shape index (κ2) is 9.71. The predicted octanol–water partition coefficient (Wildman–Crippen LogP) is 4.20. The maximum Gasteiger partial charge on any atom is 0.251 e. The van der Waals surface area contributed by atoms with Crippen LogP contribution in [0.15, 0.2) is 67.0 Å². The summed E-state index contributed by atoms with van der Waals surface area (Å²) >= 11 is 0. The molecule has 2 amide bonds. The number of hydrogen-bond donors (Lipinski definition) is 3. The molecule has 0 unspecified atom stereocenters. The smallest absolute Gasteiger partial charge is 0.251 e. The molecule has 4 heterocycles. The molecular weight excluding hydrogens is 464 g/mol. The first kappa shape index (κ1) is 23.2. The monoisotopic (exact) mass is 494 g/mol. The number of pyridine rings is 1. The Bertz CT molecular complexity index is 1480. The summed E-state index contributed by atoms with van der Waals surface area (Å²) < 4.78 is 2.04. The number of carbonyl (C=O) groups is 2. The van der Waals surface area contributed by atoms with E-state index in [9.17, 15) is 9.59 Å². The van der Waals surface area contributed by atoms with E-state index < -0.39 is 0 Å². The summed E-state index contributed by atoms with van der Waals surface area (Å²) in [6, 6.07) is 17.9. The Morgan fingerprint density at radius 2 is 2.00 bits per heavy atom. The molecule has 0 bridgehead atoms. The SMILES string of the molecule is CCN1CCC[C@H]1CNC(=O)c1ccc(Nc2ccc(-c3ccc4c(c3)CNC4=O)n3ccnc23)cc1. The molecule has 8 nitrogen and oxygen atoms in total. The number of benzene rings is 2. The summed E-state index contributed by atoms with van der Waals surface area (Å²) in [5, 5.41) is 9.41. The van der Waals surface area contributed by atoms with Crippen LogP contribution in [0.1, 0.15) is 46.0 Å². The van der Waals surface area contributed by atoms with E-state index in [4.69, 9.17) is 0 Å². The van der Waals surface area contributed by atoms with E-state index in [1.165, 1.54) is 6.42 Å². The van der Waals surface area contributed by atoms with E-state index in [1.807, 2.05) is 59.1 Å². The maximum atomic E-state index is 12.7. The van der Waals surface area contributed by atoms with Crippen molar-refractivity contribution in [3.05, 3.63) is 83.7 Å². The van der Waals surface area contributed by atoms with E-state index >= 15 is 0 Å². The normalized spacial score (nSPS) is 17.1. The Hall–Kier alpha value is -4.17. The van der Waals surface area contributed by atoms with Crippen LogP contribution in [0, 0.1) is 0 Å². The molecule has 1 saturated heterocycles. The molecule has 0 aliphatic carbocycles. The molecule has 2 aliphatic rings. The number of aromatic nitrogens is 2. The highest BCUT2D eigenvalue weighted by atomic mass is 16.2. The van der Waals surface area contributed by atoms with E-state index in [0.717, 1.165) is 58.9 Å². The van der Waals surface area contributed by atoms with Crippen LogP contribution in [0.25, 0.3) is 16.9 Å². The molecule has 0 spiro atoms. The second-order valence-electron chi connectivity index (χ2n) is 9.64. The fourth-order valence-corrected chi connectivity index (χ4v) is 5.45. The fraction of sp³-hybridized carbons (Fsp3) is 0.276. The number of carbonyl (C=O) groups excluding carboxylic acids is 2. The number of nitrogens with zero attached hydrogens (tertiary/aromatic N) is 3. The number of anilines is 2. The van der Waals surface area contributed by atoms with Crippen LogP contribution >= 0.6 is 0 Å². The van der Waals surface area contributed by atoms with E-state index in [0.29, 0.717) is 24.7 Å². The van der Waals surface area contributed by atoms with E-state index in [2.05, 4.69) is 38.8 Å². The number of rotatable bonds is 7. The van der Waals surface area contributed by atoms with Gasteiger partial charge >= 0.3 is 0 Å². The third kappa shape index (κ3) is 4.44. The van der Waals surface area contributed by atoms with Crippen molar-refractivity contribution < 1.29 is 9.59 Å². The minimum Gasteiger partial charge on any atom is -0.352 e. The molecule has 0 radical (unpaired) electrons. The second-order valence-corrected chi connectivity index (χ2v) is 9.64. The van der Waals surface area contributed by atoms with Gasteiger partial charge in [0.1, 0.15) is 0 Å². The maximum absolute atomic E-state index is 12.7. The molecule has 2 aromatic carbocycles. The number of amides is 2. The van der Waals surface area contributed by atoms with Crippen molar-refractivity contribution in [1.29, 1.82) is 0 Å². The number of likely N-dealkylation sites (tertiary alicyclic amines) is 1. The zero-order chi connectivity index (χ0) is 25.4. The molecule has 3 N–H and O–H groups in total. The number of likely N-dealkylation sites (N-methyl/N-ethyl adjacent to an activating group) is 1. The first-order valence-corrected chi connectivity index (χ1v) is 12.9. The van der Waals surface area contributed by atoms with Crippen molar-refractivity contribution >= 4 is 28.8 Å². The van der Waals surface area contributed by atoms with Crippen molar-refractivity contribution in [2.75, 3.05) is 25.0 Å². The average molecular weight is 495 g/mol. The van der Waals surface area contributed by atoms with Crippen LogP contribution in [-0.2, 0) is 6.54 Å². The van der Waals surface area contributed by atoms with Crippen LogP contribution in [0.2, 0.25) is 0 Å². The van der Waals surface area contributed by atoms with Gasteiger partial charge < -0.3 is 16.0 Å². The minimum absolute atomic E-state index is 0.0191. The van der Waals surface area contributed by atoms with Gasteiger partial charge in [-0.1, -0.05) is 13.0 Å². The zero-order valence-corrected chi connectivity index (χ0v) is 20.8. The Balaban J connectivity index is 1.17. The fourth-order valence-electron chi connectivity index (χ4n) is 5.45. The van der Waals surface area contributed by atoms with Crippen molar-refractivity contribution in [2.45, 2.75) is 32.4 Å².